The maximum absolute atomic E-state index is 13.8. The quantitative estimate of drug-likeness (QED) is 0.849. The summed E-state index contributed by atoms with van der Waals surface area (Å²) in [5.74, 6) is 0.0321. The molecule has 0 bridgehead atoms. The van der Waals surface area contributed by atoms with Crippen LogP contribution in [-0.4, -0.2) is 24.0 Å². The summed E-state index contributed by atoms with van der Waals surface area (Å²) in [5.41, 5.74) is 0.896. The van der Waals surface area contributed by atoms with Gasteiger partial charge in [0.2, 0.25) is 0 Å². The molecule has 0 aromatic heterocycles. The highest BCUT2D eigenvalue weighted by Crippen LogP contribution is 2.24. The van der Waals surface area contributed by atoms with Crippen LogP contribution in [0.2, 0.25) is 5.02 Å². The van der Waals surface area contributed by atoms with Crippen LogP contribution in [0.25, 0.3) is 0 Å². The van der Waals surface area contributed by atoms with Crippen molar-refractivity contribution < 1.29 is 13.9 Å². The predicted octanol–water partition coefficient (Wildman–Crippen LogP) is 3.51. The van der Waals surface area contributed by atoms with Gasteiger partial charge in [0.15, 0.2) is 0 Å². The number of amides is 1. The fourth-order valence-corrected chi connectivity index (χ4v) is 2.52. The number of ether oxygens (including phenoxy) is 1. The molecule has 0 radical (unpaired) electrons. The minimum absolute atomic E-state index is 0.164. The summed E-state index contributed by atoms with van der Waals surface area (Å²) in [6.45, 7) is 0.952. The van der Waals surface area contributed by atoms with E-state index in [0.717, 1.165) is 0 Å². The number of nitrogens with zero attached hydrogens (tertiary/aromatic N) is 1. The number of carbonyl (C=O) groups is 1. The summed E-state index contributed by atoms with van der Waals surface area (Å²) in [4.78, 5) is 14.1. The third-order valence-corrected chi connectivity index (χ3v) is 3.63. The SMILES string of the molecule is O=C1c2ccccc2OCCN1Cc1cc(Cl)ccc1F. The smallest absolute Gasteiger partial charge is 0.258 e. The summed E-state index contributed by atoms with van der Waals surface area (Å²) in [7, 11) is 0. The highest BCUT2D eigenvalue weighted by Gasteiger charge is 2.23. The van der Waals surface area contributed by atoms with E-state index >= 15 is 0 Å². The van der Waals surface area contributed by atoms with Gasteiger partial charge in [0.05, 0.1) is 12.1 Å². The van der Waals surface area contributed by atoms with E-state index in [-0.39, 0.29) is 18.3 Å². The first-order chi connectivity index (χ1) is 10.1. The monoisotopic (exact) mass is 305 g/mol. The first-order valence-electron chi connectivity index (χ1n) is 6.60. The summed E-state index contributed by atoms with van der Waals surface area (Å²) in [5, 5.41) is 0.449. The van der Waals surface area contributed by atoms with Gasteiger partial charge in [-0.05, 0) is 30.3 Å². The molecule has 0 saturated carbocycles. The van der Waals surface area contributed by atoms with Crippen LogP contribution in [0.4, 0.5) is 4.39 Å². The molecule has 1 aliphatic heterocycles. The zero-order valence-electron chi connectivity index (χ0n) is 11.2. The minimum atomic E-state index is -0.370. The van der Waals surface area contributed by atoms with Crippen LogP contribution in [0.15, 0.2) is 42.5 Å². The van der Waals surface area contributed by atoms with Crippen molar-refractivity contribution in [3.05, 3.63) is 64.4 Å². The zero-order chi connectivity index (χ0) is 14.8. The number of fused-ring (bicyclic) bond motifs is 1. The van der Waals surface area contributed by atoms with E-state index in [1.807, 2.05) is 6.07 Å². The second-order valence-electron chi connectivity index (χ2n) is 4.81. The summed E-state index contributed by atoms with van der Waals surface area (Å²) in [6.07, 6.45) is 0. The van der Waals surface area contributed by atoms with Gasteiger partial charge < -0.3 is 9.64 Å². The van der Waals surface area contributed by atoms with Gasteiger partial charge in [-0.25, -0.2) is 4.39 Å². The molecule has 3 rings (SSSR count). The zero-order valence-corrected chi connectivity index (χ0v) is 11.9. The molecular weight excluding hydrogens is 293 g/mol. The number of carbonyl (C=O) groups excluding carboxylic acids is 1. The lowest BCUT2D eigenvalue weighted by molar-refractivity contribution is 0.0741. The summed E-state index contributed by atoms with van der Waals surface area (Å²) >= 11 is 5.89. The molecule has 0 saturated heterocycles. The average molecular weight is 306 g/mol. The van der Waals surface area contributed by atoms with Crippen LogP contribution < -0.4 is 4.74 Å². The second kappa shape index (κ2) is 5.74. The van der Waals surface area contributed by atoms with Crippen molar-refractivity contribution >= 4 is 17.5 Å². The Morgan fingerprint density at radius 1 is 1.24 bits per heavy atom. The average Bonchev–Trinajstić information content (AvgIpc) is 2.64. The Morgan fingerprint density at radius 2 is 2.05 bits per heavy atom. The van der Waals surface area contributed by atoms with Crippen molar-refractivity contribution in [3.63, 3.8) is 0 Å². The van der Waals surface area contributed by atoms with Crippen LogP contribution in [0.5, 0.6) is 5.75 Å². The summed E-state index contributed by atoms with van der Waals surface area (Å²) in [6, 6.07) is 11.4. The molecule has 1 aliphatic rings. The molecule has 3 nitrogen and oxygen atoms in total. The van der Waals surface area contributed by atoms with Crippen LogP contribution in [-0.2, 0) is 6.54 Å². The number of hydrogen-bond donors (Lipinski definition) is 0. The molecular formula is C16H13ClFNO2. The van der Waals surface area contributed by atoms with Crippen molar-refractivity contribution in [2.24, 2.45) is 0 Å². The number of rotatable bonds is 2. The van der Waals surface area contributed by atoms with Gasteiger partial charge in [-0.15, -0.1) is 0 Å². The predicted molar refractivity (Wildman–Crippen MR) is 78.1 cm³/mol. The normalized spacial score (nSPS) is 14.4. The van der Waals surface area contributed by atoms with Crippen molar-refractivity contribution in [2.45, 2.75) is 6.54 Å². The maximum Gasteiger partial charge on any atom is 0.258 e. The van der Waals surface area contributed by atoms with Gasteiger partial charge in [0, 0.05) is 17.1 Å². The Balaban J connectivity index is 1.89. The first kappa shape index (κ1) is 13.9. The topological polar surface area (TPSA) is 29.5 Å². The Morgan fingerprint density at radius 3 is 2.90 bits per heavy atom. The Kier molecular flexibility index (Phi) is 3.80. The fraction of sp³-hybridized carbons (Fsp3) is 0.188. The number of benzene rings is 2. The molecule has 2 aromatic carbocycles. The fourth-order valence-electron chi connectivity index (χ4n) is 2.33. The lowest BCUT2D eigenvalue weighted by Gasteiger charge is -2.20. The number of halogens is 2. The van der Waals surface area contributed by atoms with Crippen LogP contribution in [0, 0.1) is 5.82 Å². The van der Waals surface area contributed by atoms with E-state index in [1.165, 1.54) is 12.1 Å². The van der Waals surface area contributed by atoms with Gasteiger partial charge in [0.25, 0.3) is 5.91 Å². The highest BCUT2D eigenvalue weighted by molar-refractivity contribution is 6.30. The molecule has 0 atom stereocenters. The Hall–Kier alpha value is -2.07. The van der Waals surface area contributed by atoms with Crippen LogP contribution >= 0.6 is 11.6 Å². The van der Waals surface area contributed by atoms with Crippen molar-refractivity contribution in [1.82, 2.24) is 4.90 Å². The van der Waals surface area contributed by atoms with Gasteiger partial charge in [-0.1, -0.05) is 23.7 Å². The van der Waals surface area contributed by atoms with Gasteiger partial charge in [0.1, 0.15) is 18.2 Å². The van der Waals surface area contributed by atoms with E-state index in [2.05, 4.69) is 0 Å². The standard InChI is InChI=1S/C16H13ClFNO2/c17-12-5-6-14(18)11(9-12)10-19-7-8-21-15-4-2-1-3-13(15)16(19)20/h1-6,9H,7-8,10H2. The number of para-hydroxylation sites is 1. The van der Waals surface area contributed by atoms with Gasteiger partial charge >= 0.3 is 0 Å². The maximum atomic E-state index is 13.8. The second-order valence-corrected chi connectivity index (χ2v) is 5.24. The lowest BCUT2D eigenvalue weighted by Crippen LogP contribution is -2.32. The first-order valence-corrected chi connectivity index (χ1v) is 6.98. The lowest BCUT2D eigenvalue weighted by atomic mass is 10.1. The minimum Gasteiger partial charge on any atom is -0.491 e. The molecule has 1 amide bonds. The molecule has 2 aromatic rings. The van der Waals surface area contributed by atoms with Crippen molar-refractivity contribution in [2.75, 3.05) is 13.2 Å². The van der Waals surface area contributed by atoms with E-state index in [0.29, 0.717) is 35.1 Å². The van der Waals surface area contributed by atoms with E-state index < -0.39 is 0 Å². The van der Waals surface area contributed by atoms with Gasteiger partial charge in [-0.2, -0.15) is 0 Å². The largest absolute Gasteiger partial charge is 0.491 e. The van der Waals surface area contributed by atoms with Crippen molar-refractivity contribution in [3.8, 4) is 5.75 Å². The molecule has 0 aliphatic carbocycles. The Bertz CT molecular complexity index is 690. The van der Waals surface area contributed by atoms with E-state index in [1.54, 1.807) is 29.2 Å². The number of hydrogen-bond acceptors (Lipinski definition) is 2. The molecule has 108 valence electrons. The third-order valence-electron chi connectivity index (χ3n) is 3.39. The Labute approximate surface area is 126 Å². The van der Waals surface area contributed by atoms with E-state index in [9.17, 15) is 9.18 Å². The van der Waals surface area contributed by atoms with Gasteiger partial charge in [-0.3, -0.25) is 4.79 Å². The summed E-state index contributed by atoms with van der Waals surface area (Å²) < 4.78 is 19.4. The molecule has 1 heterocycles. The molecule has 0 spiro atoms. The highest BCUT2D eigenvalue weighted by atomic mass is 35.5. The third kappa shape index (κ3) is 2.85. The van der Waals surface area contributed by atoms with Crippen LogP contribution in [0.3, 0.4) is 0 Å². The molecule has 0 fully saturated rings. The molecule has 0 unspecified atom stereocenters. The van der Waals surface area contributed by atoms with E-state index in [4.69, 9.17) is 16.3 Å². The van der Waals surface area contributed by atoms with Crippen LogP contribution in [0.1, 0.15) is 15.9 Å². The molecule has 5 heteroatoms. The van der Waals surface area contributed by atoms with Crippen molar-refractivity contribution in [1.29, 1.82) is 0 Å². The molecule has 21 heavy (non-hydrogen) atoms. The molecule has 0 N–H and O–H groups in total.